The van der Waals surface area contributed by atoms with Crippen molar-refractivity contribution in [2.45, 2.75) is 0 Å². The minimum Gasteiger partial charge on any atom is -0.454 e. The van der Waals surface area contributed by atoms with Gasteiger partial charge in [-0.1, -0.05) is 152 Å². The smallest absolute Gasteiger partial charge is 0.159 e. The van der Waals surface area contributed by atoms with E-state index in [-0.39, 0.29) is 0 Å². The number of furan rings is 1. The maximum atomic E-state index is 6.59. The topological polar surface area (TPSA) is 23.0 Å². The standard InChI is InChI=1S/C60H36N2OS/c1-2-14-37(15-3-1)41-16-4-8-23-51(41)61-54-32-29-39(35-49(54)50-36-40(30-33-55(50)61)42-20-12-22-47-45-19-7-11-27-58(45)64-60(42)47)38-28-31-53-48(34-38)43-17-5-9-24-52(43)62(53)56-25-13-21-46-44-18-6-10-26-57(44)63-59(46)56/h1-36H. The summed E-state index contributed by atoms with van der Waals surface area (Å²) in [7, 11) is 0. The van der Waals surface area contributed by atoms with Crippen LogP contribution in [0, 0.1) is 0 Å². The van der Waals surface area contributed by atoms with Crippen molar-refractivity contribution < 1.29 is 4.42 Å². The molecule has 0 aliphatic rings. The first-order valence-corrected chi connectivity index (χ1v) is 22.6. The van der Waals surface area contributed by atoms with E-state index in [9.17, 15) is 0 Å². The SMILES string of the molecule is c1ccc(-c2ccccc2-n2c3ccc(-c4ccc5c(c4)c4ccccc4n5-c4cccc5c4oc4ccccc45)cc3c3cc(-c4cccc5c4sc4ccccc45)ccc32)cc1. The minimum absolute atomic E-state index is 0.897. The molecule has 298 valence electrons. The van der Waals surface area contributed by atoms with Crippen LogP contribution in [0.3, 0.4) is 0 Å². The second kappa shape index (κ2) is 13.7. The Balaban J connectivity index is 0.994. The largest absolute Gasteiger partial charge is 0.454 e. The molecule has 4 heterocycles. The summed E-state index contributed by atoms with van der Waals surface area (Å²) in [5.41, 5.74) is 15.9. The van der Waals surface area contributed by atoms with E-state index in [2.05, 4.69) is 221 Å². The van der Waals surface area contributed by atoms with E-state index in [0.29, 0.717) is 0 Å². The molecule has 0 saturated heterocycles. The Labute approximate surface area is 371 Å². The monoisotopic (exact) mass is 832 g/mol. The molecule has 14 aromatic rings. The predicted octanol–water partition coefficient (Wildman–Crippen LogP) is 17.1. The van der Waals surface area contributed by atoms with Crippen LogP contribution in [-0.4, -0.2) is 9.13 Å². The van der Waals surface area contributed by atoms with Crippen molar-refractivity contribution in [2.75, 3.05) is 0 Å². The van der Waals surface area contributed by atoms with Crippen molar-refractivity contribution in [3.8, 4) is 44.8 Å². The molecule has 10 aromatic carbocycles. The van der Waals surface area contributed by atoms with Gasteiger partial charge in [0.2, 0.25) is 0 Å². The van der Waals surface area contributed by atoms with E-state index in [1.165, 1.54) is 86.1 Å². The van der Waals surface area contributed by atoms with Crippen LogP contribution in [0.2, 0.25) is 0 Å². The number of hydrogen-bond acceptors (Lipinski definition) is 2. The number of thiophene rings is 1. The lowest BCUT2D eigenvalue weighted by atomic mass is 9.98. The summed E-state index contributed by atoms with van der Waals surface area (Å²) < 4.78 is 14.1. The summed E-state index contributed by atoms with van der Waals surface area (Å²) in [6, 6.07) is 79.7. The fourth-order valence-electron chi connectivity index (χ4n) is 10.5. The average Bonchev–Trinajstić information content (AvgIpc) is 4.11. The molecule has 0 N–H and O–H groups in total. The normalized spacial score (nSPS) is 12.1. The molecule has 0 aliphatic heterocycles. The fourth-order valence-corrected chi connectivity index (χ4v) is 11.7. The van der Waals surface area contributed by atoms with Crippen molar-refractivity contribution in [3.05, 3.63) is 218 Å². The Hall–Kier alpha value is -8.18. The van der Waals surface area contributed by atoms with Gasteiger partial charge in [0, 0.05) is 58.1 Å². The van der Waals surface area contributed by atoms with Gasteiger partial charge in [0.1, 0.15) is 5.58 Å². The molecule has 0 unspecified atom stereocenters. The first-order chi connectivity index (χ1) is 31.7. The first-order valence-electron chi connectivity index (χ1n) is 21.8. The molecular formula is C60H36N2OS. The van der Waals surface area contributed by atoms with E-state index >= 15 is 0 Å². The summed E-state index contributed by atoms with van der Waals surface area (Å²) in [6.45, 7) is 0. The van der Waals surface area contributed by atoms with Gasteiger partial charge >= 0.3 is 0 Å². The van der Waals surface area contributed by atoms with E-state index < -0.39 is 0 Å². The van der Waals surface area contributed by atoms with E-state index in [1.807, 2.05) is 17.4 Å². The van der Waals surface area contributed by atoms with Crippen molar-refractivity contribution in [1.29, 1.82) is 0 Å². The molecule has 0 aliphatic carbocycles. The number of fused-ring (bicyclic) bond motifs is 12. The average molecular weight is 833 g/mol. The van der Waals surface area contributed by atoms with Crippen LogP contribution in [0.5, 0.6) is 0 Å². The second-order valence-electron chi connectivity index (χ2n) is 16.8. The van der Waals surface area contributed by atoms with Gasteiger partial charge in [-0.15, -0.1) is 11.3 Å². The third kappa shape index (κ3) is 5.15. The van der Waals surface area contributed by atoms with Gasteiger partial charge in [0.05, 0.1) is 33.4 Å². The van der Waals surface area contributed by atoms with Crippen LogP contribution >= 0.6 is 11.3 Å². The van der Waals surface area contributed by atoms with Crippen LogP contribution in [-0.2, 0) is 0 Å². The molecule has 14 rings (SSSR count). The van der Waals surface area contributed by atoms with Gasteiger partial charge < -0.3 is 13.6 Å². The molecule has 0 saturated carbocycles. The van der Waals surface area contributed by atoms with E-state index in [4.69, 9.17) is 4.42 Å². The second-order valence-corrected chi connectivity index (χ2v) is 17.9. The maximum Gasteiger partial charge on any atom is 0.159 e. The molecule has 0 bridgehead atoms. The van der Waals surface area contributed by atoms with Crippen LogP contribution in [0.4, 0.5) is 0 Å². The van der Waals surface area contributed by atoms with Crippen molar-refractivity contribution in [1.82, 2.24) is 9.13 Å². The Kier molecular flexibility index (Phi) is 7.56. The highest BCUT2D eigenvalue weighted by Gasteiger charge is 2.21. The molecule has 4 heteroatoms. The summed E-state index contributed by atoms with van der Waals surface area (Å²) in [5.74, 6) is 0. The lowest BCUT2D eigenvalue weighted by molar-refractivity contribution is 0.666. The zero-order chi connectivity index (χ0) is 41.9. The molecule has 0 amide bonds. The number of hydrogen-bond donors (Lipinski definition) is 0. The molecule has 3 nitrogen and oxygen atoms in total. The van der Waals surface area contributed by atoms with Crippen LogP contribution in [0.1, 0.15) is 0 Å². The lowest BCUT2D eigenvalue weighted by Crippen LogP contribution is -1.97. The van der Waals surface area contributed by atoms with Gasteiger partial charge in [-0.3, -0.25) is 0 Å². The number of benzene rings is 10. The summed E-state index contributed by atoms with van der Waals surface area (Å²) >= 11 is 1.88. The van der Waals surface area contributed by atoms with Crippen molar-refractivity contribution in [3.63, 3.8) is 0 Å². The molecule has 0 spiro atoms. The maximum absolute atomic E-state index is 6.59. The highest BCUT2D eigenvalue weighted by molar-refractivity contribution is 7.26. The summed E-state index contributed by atoms with van der Waals surface area (Å²) in [6.07, 6.45) is 0. The quantitative estimate of drug-likeness (QED) is 0.169. The van der Waals surface area contributed by atoms with E-state index in [1.54, 1.807) is 0 Å². The lowest BCUT2D eigenvalue weighted by Gasteiger charge is -2.14. The molecular weight excluding hydrogens is 797 g/mol. The fraction of sp³-hybridized carbons (Fsp3) is 0. The van der Waals surface area contributed by atoms with Crippen LogP contribution in [0.25, 0.3) is 130 Å². The number of nitrogens with zero attached hydrogens (tertiary/aromatic N) is 2. The number of para-hydroxylation sites is 4. The zero-order valence-corrected chi connectivity index (χ0v) is 35.3. The minimum atomic E-state index is 0.897. The first kappa shape index (κ1) is 35.4. The summed E-state index contributed by atoms with van der Waals surface area (Å²) in [4.78, 5) is 0. The molecule has 0 radical (unpaired) electrons. The Morgan fingerprint density at radius 2 is 0.844 bits per heavy atom. The highest BCUT2D eigenvalue weighted by atomic mass is 32.1. The zero-order valence-electron chi connectivity index (χ0n) is 34.5. The molecule has 64 heavy (non-hydrogen) atoms. The number of rotatable bonds is 5. The van der Waals surface area contributed by atoms with Crippen molar-refractivity contribution >= 4 is 97.1 Å². The van der Waals surface area contributed by atoms with Gasteiger partial charge in [-0.05, 0) is 94.5 Å². The molecule has 4 aromatic heterocycles. The van der Waals surface area contributed by atoms with Crippen LogP contribution in [0.15, 0.2) is 223 Å². The Morgan fingerprint density at radius 3 is 1.66 bits per heavy atom. The van der Waals surface area contributed by atoms with E-state index in [0.717, 1.165) is 44.3 Å². The van der Waals surface area contributed by atoms with Crippen molar-refractivity contribution in [2.24, 2.45) is 0 Å². The van der Waals surface area contributed by atoms with Gasteiger partial charge in [-0.2, -0.15) is 0 Å². The number of aromatic nitrogens is 2. The van der Waals surface area contributed by atoms with Gasteiger partial charge in [0.25, 0.3) is 0 Å². The van der Waals surface area contributed by atoms with Gasteiger partial charge in [-0.25, -0.2) is 0 Å². The Morgan fingerprint density at radius 1 is 0.312 bits per heavy atom. The Bertz CT molecular complexity index is 4200. The van der Waals surface area contributed by atoms with Crippen LogP contribution < -0.4 is 0 Å². The third-order valence-electron chi connectivity index (χ3n) is 13.3. The highest BCUT2D eigenvalue weighted by Crippen LogP contribution is 2.44. The third-order valence-corrected chi connectivity index (χ3v) is 14.6. The predicted molar refractivity (Wildman–Crippen MR) is 272 cm³/mol. The molecule has 0 fully saturated rings. The van der Waals surface area contributed by atoms with Gasteiger partial charge in [0.15, 0.2) is 5.58 Å². The summed E-state index contributed by atoms with van der Waals surface area (Å²) in [5, 5.41) is 9.75. The molecule has 0 atom stereocenters.